The van der Waals surface area contributed by atoms with E-state index in [-0.39, 0.29) is 0 Å². The average molecular weight is 248 g/mol. The predicted molar refractivity (Wildman–Crippen MR) is 73.7 cm³/mol. The molecule has 1 aromatic heterocycles. The Morgan fingerprint density at radius 3 is 2.61 bits per heavy atom. The van der Waals surface area contributed by atoms with E-state index in [4.69, 9.17) is 10.5 Å². The SMILES string of the molecule is CCC1CCC(Oc2ccc(CCN)nc2)CC1. The Bertz CT molecular complexity index is 342. The summed E-state index contributed by atoms with van der Waals surface area (Å²) in [6.45, 7) is 2.93. The van der Waals surface area contributed by atoms with Crippen molar-refractivity contribution in [3.8, 4) is 5.75 Å². The average Bonchev–Trinajstić information content (AvgIpc) is 2.42. The highest BCUT2D eigenvalue weighted by Crippen LogP contribution is 2.29. The molecule has 0 unspecified atom stereocenters. The number of nitrogens with zero attached hydrogens (tertiary/aromatic N) is 1. The van der Waals surface area contributed by atoms with Gasteiger partial charge in [0.1, 0.15) is 5.75 Å². The molecule has 1 aliphatic rings. The molecule has 0 saturated heterocycles. The van der Waals surface area contributed by atoms with Gasteiger partial charge < -0.3 is 10.5 Å². The summed E-state index contributed by atoms with van der Waals surface area (Å²) in [7, 11) is 0. The van der Waals surface area contributed by atoms with Crippen molar-refractivity contribution in [3.05, 3.63) is 24.0 Å². The molecule has 1 aromatic rings. The zero-order chi connectivity index (χ0) is 12.8. The van der Waals surface area contributed by atoms with Crippen LogP contribution in [0.1, 0.15) is 44.7 Å². The van der Waals surface area contributed by atoms with E-state index in [9.17, 15) is 0 Å². The fourth-order valence-corrected chi connectivity index (χ4v) is 2.63. The monoisotopic (exact) mass is 248 g/mol. The first-order chi connectivity index (χ1) is 8.81. The molecule has 0 radical (unpaired) electrons. The molecule has 0 aromatic carbocycles. The van der Waals surface area contributed by atoms with Crippen LogP contribution in [-0.2, 0) is 6.42 Å². The van der Waals surface area contributed by atoms with Gasteiger partial charge in [-0.25, -0.2) is 0 Å². The first-order valence-electron chi connectivity index (χ1n) is 7.13. The van der Waals surface area contributed by atoms with E-state index in [1.54, 1.807) is 0 Å². The van der Waals surface area contributed by atoms with Crippen LogP contribution in [0.3, 0.4) is 0 Å². The third-order valence-corrected chi connectivity index (χ3v) is 3.87. The van der Waals surface area contributed by atoms with Crippen LogP contribution >= 0.6 is 0 Å². The van der Waals surface area contributed by atoms with Crippen molar-refractivity contribution < 1.29 is 4.74 Å². The van der Waals surface area contributed by atoms with Gasteiger partial charge in [0.2, 0.25) is 0 Å². The zero-order valence-corrected chi connectivity index (χ0v) is 11.3. The number of rotatable bonds is 5. The minimum atomic E-state index is 0.384. The second kappa shape index (κ2) is 6.74. The molecule has 0 bridgehead atoms. The summed E-state index contributed by atoms with van der Waals surface area (Å²) in [5.41, 5.74) is 6.54. The fourth-order valence-electron chi connectivity index (χ4n) is 2.63. The van der Waals surface area contributed by atoms with Crippen LogP contribution < -0.4 is 10.5 Å². The third kappa shape index (κ3) is 3.70. The first-order valence-corrected chi connectivity index (χ1v) is 7.13. The fraction of sp³-hybridized carbons (Fsp3) is 0.667. The highest BCUT2D eigenvalue weighted by molar-refractivity contribution is 5.20. The largest absolute Gasteiger partial charge is 0.489 e. The van der Waals surface area contributed by atoms with Gasteiger partial charge in [-0.2, -0.15) is 0 Å². The molecule has 2 rings (SSSR count). The molecular weight excluding hydrogens is 224 g/mol. The molecule has 18 heavy (non-hydrogen) atoms. The number of nitrogens with two attached hydrogens (primary N) is 1. The lowest BCUT2D eigenvalue weighted by molar-refractivity contribution is 0.129. The Labute approximate surface area is 110 Å². The maximum absolute atomic E-state index is 5.99. The molecule has 1 fully saturated rings. The Hall–Kier alpha value is -1.09. The standard InChI is InChI=1S/C15H24N2O/c1-2-12-3-6-14(7-4-12)18-15-8-5-13(9-10-16)17-11-15/h5,8,11-12,14H,2-4,6-7,9-10,16H2,1H3. The van der Waals surface area contributed by atoms with E-state index < -0.39 is 0 Å². The Kier molecular flexibility index (Phi) is 5.00. The molecule has 0 aliphatic heterocycles. The van der Waals surface area contributed by atoms with E-state index >= 15 is 0 Å². The van der Waals surface area contributed by atoms with E-state index in [0.717, 1.165) is 23.8 Å². The van der Waals surface area contributed by atoms with Crippen LogP contribution in [0, 0.1) is 5.92 Å². The number of hydrogen-bond acceptors (Lipinski definition) is 3. The van der Waals surface area contributed by atoms with Gasteiger partial charge in [-0.1, -0.05) is 13.3 Å². The predicted octanol–water partition coefficient (Wildman–Crippen LogP) is 2.93. The number of hydrogen-bond donors (Lipinski definition) is 1. The molecule has 0 spiro atoms. The molecular formula is C15H24N2O. The molecule has 0 amide bonds. The Balaban J connectivity index is 1.82. The minimum Gasteiger partial charge on any atom is -0.489 e. The lowest BCUT2D eigenvalue weighted by Crippen LogP contribution is -2.23. The quantitative estimate of drug-likeness (QED) is 0.871. The van der Waals surface area contributed by atoms with Crippen LogP contribution in [0.2, 0.25) is 0 Å². The molecule has 2 N–H and O–H groups in total. The van der Waals surface area contributed by atoms with E-state index in [2.05, 4.69) is 11.9 Å². The van der Waals surface area contributed by atoms with Gasteiger partial charge in [-0.05, 0) is 50.3 Å². The van der Waals surface area contributed by atoms with Crippen molar-refractivity contribution in [2.75, 3.05) is 6.54 Å². The van der Waals surface area contributed by atoms with Crippen LogP contribution in [0.25, 0.3) is 0 Å². The summed E-state index contributed by atoms with van der Waals surface area (Å²) in [6, 6.07) is 4.03. The van der Waals surface area contributed by atoms with Crippen LogP contribution in [0.4, 0.5) is 0 Å². The van der Waals surface area contributed by atoms with E-state index in [1.165, 1.54) is 32.1 Å². The van der Waals surface area contributed by atoms with Gasteiger partial charge in [0.05, 0.1) is 12.3 Å². The smallest absolute Gasteiger partial charge is 0.138 e. The lowest BCUT2D eigenvalue weighted by atomic mass is 9.86. The maximum Gasteiger partial charge on any atom is 0.138 e. The summed E-state index contributed by atoms with van der Waals surface area (Å²) < 4.78 is 5.99. The molecule has 1 heterocycles. The molecule has 0 atom stereocenters. The summed E-state index contributed by atoms with van der Waals surface area (Å²) in [5, 5.41) is 0. The molecule has 1 aliphatic carbocycles. The summed E-state index contributed by atoms with van der Waals surface area (Å²) in [5.74, 6) is 1.81. The van der Waals surface area contributed by atoms with Gasteiger partial charge in [0.25, 0.3) is 0 Å². The van der Waals surface area contributed by atoms with Crippen molar-refractivity contribution in [2.24, 2.45) is 11.7 Å². The van der Waals surface area contributed by atoms with Crippen molar-refractivity contribution in [3.63, 3.8) is 0 Å². The van der Waals surface area contributed by atoms with Crippen LogP contribution in [0.5, 0.6) is 5.75 Å². The minimum absolute atomic E-state index is 0.384. The highest BCUT2D eigenvalue weighted by Gasteiger charge is 2.21. The van der Waals surface area contributed by atoms with Crippen molar-refractivity contribution in [2.45, 2.75) is 51.6 Å². The first kappa shape index (κ1) is 13.3. The Morgan fingerprint density at radius 1 is 1.28 bits per heavy atom. The van der Waals surface area contributed by atoms with E-state index in [0.29, 0.717) is 12.6 Å². The zero-order valence-electron chi connectivity index (χ0n) is 11.3. The number of ether oxygens (including phenoxy) is 1. The van der Waals surface area contributed by atoms with E-state index in [1.807, 2.05) is 18.3 Å². The lowest BCUT2D eigenvalue weighted by Gasteiger charge is -2.28. The third-order valence-electron chi connectivity index (χ3n) is 3.87. The van der Waals surface area contributed by atoms with Crippen LogP contribution in [-0.4, -0.2) is 17.6 Å². The molecule has 100 valence electrons. The number of pyridine rings is 1. The number of aromatic nitrogens is 1. The van der Waals surface area contributed by atoms with Gasteiger partial charge in [0, 0.05) is 12.1 Å². The van der Waals surface area contributed by atoms with Gasteiger partial charge in [-0.15, -0.1) is 0 Å². The molecule has 1 saturated carbocycles. The molecule has 3 nitrogen and oxygen atoms in total. The highest BCUT2D eigenvalue weighted by atomic mass is 16.5. The van der Waals surface area contributed by atoms with Gasteiger partial charge in [-0.3, -0.25) is 4.98 Å². The van der Waals surface area contributed by atoms with Gasteiger partial charge >= 0.3 is 0 Å². The maximum atomic E-state index is 5.99. The normalized spacial score (nSPS) is 23.9. The topological polar surface area (TPSA) is 48.1 Å². The summed E-state index contributed by atoms with van der Waals surface area (Å²) in [4.78, 5) is 4.36. The second-order valence-electron chi connectivity index (χ2n) is 5.19. The second-order valence-corrected chi connectivity index (χ2v) is 5.19. The van der Waals surface area contributed by atoms with Crippen molar-refractivity contribution in [1.82, 2.24) is 4.98 Å². The van der Waals surface area contributed by atoms with Gasteiger partial charge in [0.15, 0.2) is 0 Å². The summed E-state index contributed by atoms with van der Waals surface area (Å²) >= 11 is 0. The van der Waals surface area contributed by atoms with Crippen molar-refractivity contribution in [1.29, 1.82) is 0 Å². The van der Waals surface area contributed by atoms with Crippen molar-refractivity contribution >= 4 is 0 Å². The summed E-state index contributed by atoms with van der Waals surface area (Å²) in [6.07, 6.45) is 9.34. The molecule has 3 heteroatoms. The Morgan fingerprint density at radius 2 is 2.06 bits per heavy atom. The van der Waals surface area contributed by atoms with Crippen LogP contribution in [0.15, 0.2) is 18.3 Å².